The molecule has 2 aromatic rings. The lowest BCUT2D eigenvalue weighted by Crippen LogP contribution is -2.31. The van der Waals surface area contributed by atoms with E-state index in [1.165, 1.54) is 5.56 Å². The number of ether oxygens (including phenoxy) is 1. The Balaban J connectivity index is 1.91. The van der Waals surface area contributed by atoms with E-state index in [0.717, 1.165) is 30.4 Å². The lowest BCUT2D eigenvalue weighted by molar-refractivity contribution is 0.180. The van der Waals surface area contributed by atoms with Crippen molar-refractivity contribution in [1.82, 2.24) is 19.8 Å². The molecule has 0 aliphatic carbocycles. The van der Waals surface area contributed by atoms with E-state index < -0.39 is 0 Å². The second kappa shape index (κ2) is 7.10. The fraction of sp³-hybridized carbons (Fsp3) is 0.412. The van der Waals surface area contributed by atoms with Crippen LogP contribution in [0.5, 0.6) is 0 Å². The summed E-state index contributed by atoms with van der Waals surface area (Å²) in [6.45, 7) is 1.59. The Hall–Kier alpha value is -1.92. The summed E-state index contributed by atoms with van der Waals surface area (Å²) in [5.41, 5.74) is 2.26. The monoisotopic (exact) mass is 330 g/mol. The molecule has 6 heteroatoms. The Morgan fingerprint density at radius 1 is 1.35 bits per heavy atom. The number of aromatic nitrogens is 2. The van der Waals surface area contributed by atoms with Crippen molar-refractivity contribution in [3.63, 3.8) is 0 Å². The first kappa shape index (κ1) is 16.0. The Bertz CT molecular complexity index is 658. The van der Waals surface area contributed by atoms with Crippen molar-refractivity contribution in [1.29, 1.82) is 0 Å². The van der Waals surface area contributed by atoms with Crippen molar-refractivity contribution in [2.75, 3.05) is 20.3 Å². The molecule has 3 heterocycles. The molecule has 0 amide bonds. The van der Waals surface area contributed by atoms with E-state index in [0.29, 0.717) is 0 Å². The summed E-state index contributed by atoms with van der Waals surface area (Å²) >= 11 is 5.59. The molecule has 5 nitrogen and oxygen atoms in total. The van der Waals surface area contributed by atoms with Gasteiger partial charge in [0.05, 0.1) is 17.8 Å². The highest BCUT2D eigenvalue weighted by molar-refractivity contribution is 7.80. The summed E-state index contributed by atoms with van der Waals surface area (Å²) in [6.07, 6.45) is 6.99. The van der Waals surface area contributed by atoms with Gasteiger partial charge in [-0.25, -0.2) is 0 Å². The number of aryl methyl sites for hydroxylation is 1. The minimum atomic E-state index is 0.0636. The number of rotatable bonds is 6. The molecular weight excluding hydrogens is 308 g/mol. The Labute approximate surface area is 142 Å². The highest BCUT2D eigenvalue weighted by Crippen LogP contribution is 2.38. The van der Waals surface area contributed by atoms with Crippen LogP contribution in [0.1, 0.15) is 29.8 Å². The molecule has 0 radical (unpaired) electrons. The van der Waals surface area contributed by atoms with Gasteiger partial charge >= 0.3 is 0 Å². The number of hydrogen-bond acceptors (Lipinski definition) is 3. The van der Waals surface area contributed by atoms with Gasteiger partial charge in [-0.3, -0.25) is 4.98 Å². The Morgan fingerprint density at radius 3 is 2.87 bits per heavy atom. The second-order valence-corrected chi connectivity index (χ2v) is 6.16. The van der Waals surface area contributed by atoms with Gasteiger partial charge in [-0.05, 0) is 42.4 Å². The zero-order valence-corrected chi connectivity index (χ0v) is 14.3. The van der Waals surface area contributed by atoms with Crippen LogP contribution in [-0.2, 0) is 11.8 Å². The summed E-state index contributed by atoms with van der Waals surface area (Å²) in [5, 5.41) is 4.23. The van der Waals surface area contributed by atoms with E-state index >= 15 is 0 Å². The summed E-state index contributed by atoms with van der Waals surface area (Å²) in [5.74, 6) is 0. The topological polar surface area (TPSA) is 42.3 Å². The number of pyridine rings is 1. The zero-order valence-electron chi connectivity index (χ0n) is 13.5. The van der Waals surface area contributed by atoms with Gasteiger partial charge < -0.3 is 19.5 Å². The molecule has 2 atom stereocenters. The van der Waals surface area contributed by atoms with Crippen LogP contribution in [0.3, 0.4) is 0 Å². The molecule has 0 saturated carbocycles. The van der Waals surface area contributed by atoms with E-state index in [-0.39, 0.29) is 12.1 Å². The maximum absolute atomic E-state index is 5.59. The Kier molecular flexibility index (Phi) is 4.93. The molecule has 1 N–H and O–H groups in total. The van der Waals surface area contributed by atoms with Crippen LogP contribution in [0.15, 0.2) is 42.9 Å². The molecule has 3 rings (SSSR count). The van der Waals surface area contributed by atoms with Crippen LogP contribution in [-0.4, -0.2) is 39.8 Å². The van der Waals surface area contributed by atoms with Gasteiger partial charge in [-0.1, -0.05) is 6.07 Å². The normalized spacial score (nSPS) is 20.8. The first-order valence-corrected chi connectivity index (χ1v) is 8.20. The van der Waals surface area contributed by atoms with Gasteiger partial charge in [0.1, 0.15) is 0 Å². The molecule has 0 aromatic carbocycles. The fourth-order valence-corrected chi connectivity index (χ4v) is 3.42. The van der Waals surface area contributed by atoms with Crippen LogP contribution in [0.4, 0.5) is 0 Å². The minimum Gasteiger partial charge on any atom is -0.385 e. The highest BCUT2D eigenvalue weighted by atomic mass is 32.1. The standard InChI is InChI=1S/C17H22N4OS/c1-20-10-7-13(12-20)16-15(14-6-3-4-8-18-14)19-17(23)21(16)9-5-11-22-2/h3-4,6-8,10,12,15-16H,5,9,11H2,1-2H3,(H,19,23)/t15-,16+/m0/s1. The van der Waals surface area contributed by atoms with Crippen LogP contribution < -0.4 is 5.32 Å². The van der Waals surface area contributed by atoms with Gasteiger partial charge in [-0.2, -0.15) is 0 Å². The van der Waals surface area contributed by atoms with Crippen molar-refractivity contribution in [3.8, 4) is 0 Å². The van der Waals surface area contributed by atoms with E-state index in [1.54, 1.807) is 7.11 Å². The minimum absolute atomic E-state index is 0.0636. The van der Waals surface area contributed by atoms with Gasteiger partial charge in [0.25, 0.3) is 0 Å². The van der Waals surface area contributed by atoms with E-state index in [4.69, 9.17) is 17.0 Å². The number of thiocarbonyl (C=S) groups is 1. The molecule has 1 aliphatic rings. The van der Waals surface area contributed by atoms with Crippen molar-refractivity contribution >= 4 is 17.3 Å². The Morgan fingerprint density at radius 2 is 2.22 bits per heavy atom. The summed E-state index contributed by atoms with van der Waals surface area (Å²) in [4.78, 5) is 6.78. The third kappa shape index (κ3) is 3.38. The summed E-state index contributed by atoms with van der Waals surface area (Å²) in [6, 6.07) is 8.37. The third-order valence-corrected chi connectivity index (χ3v) is 4.49. The average molecular weight is 330 g/mol. The lowest BCUT2D eigenvalue weighted by Gasteiger charge is -2.27. The van der Waals surface area contributed by atoms with Crippen molar-refractivity contribution in [2.24, 2.45) is 7.05 Å². The maximum atomic E-state index is 5.59. The van der Waals surface area contributed by atoms with E-state index in [9.17, 15) is 0 Å². The van der Waals surface area contributed by atoms with Gasteiger partial charge in [0, 0.05) is 45.9 Å². The average Bonchev–Trinajstić information content (AvgIpc) is 3.12. The van der Waals surface area contributed by atoms with Crippen LogP contribution in [0, 0.1) is 0 Å². The smallest absolute Gasteiger partial charge is 0.170 e. The first-order valence-electron chi connectivity index (χ1n) is 7.79. The molecule has 1 fully saturated rings. The van der Waals surface area contributed by atoms with Gasteiger partial charge in [0.15, 0.2) is 5.11 Å². The quantitative estimate of drug-likeness (QED) is 0.651. The molecule has 23 heavy (non-hydrogen) atoms. The molecule has 1 saturated heterocycles. The van der Waals surface area contributed by atoms with Crippen molar-refractivity contribution in [2.45, 2.75) is 18.5 Å². The third-order valence-electron chi connectivity index (χ3n) is 4.14. The predicted molar refractivity (Wildman–Crippen MR) is 94.1 cm³/mol. The van der Waals surface area contributed by atoms with E-state index in [2.05, 4.69) is 44.3 Å². The summed E-state index contributed by atoms with van der Waals surface area (Å²) < 4.78 is 7.26. The second-order valence-electron chi connectivity index (χ2n) is 5.78. The summed E-state index contributed by atoms with van der Waals surface area (Å²) in [7, 11) is 3.77. The maximum Gasteiger partial charge on any atom is 0.170 e. The number of nitrogens with zero attached hydrogens (tertiary/aromatic N) is 3. The molecule has 0 bridgehead atoms. The van der Waals surface area contributed by atoms with Crippen LogP contribution in [0.2, 0.25) is 0 Å². The van der Waals surface area contributed by atoms with Crippen LogP contribution >= 0.6 is 12.2 Å². The molecule has 2 aromatic heterocycles. The molecule has 122 valence electrons. The van der Waals surface area contributed by atoms with Gasteiger partial charge in [0.2, 0.25) is 0 Å². The molecule has 0 unspecified atom stereocenters. The molecule has 1 aliphatic heterocycles. The lowest BCUT2D eigenvalue weighted by atomic mass is 9.99. The predicted octanol–water partition coefficient (Wildman–Crippen LogP) is 2.43. The fourth-order valence-electron chi connectivity index (χ4n) is 3.09. The SMILES string of the molecule is COCCCN1C(=S)N[C@@H](c2ccccn2)[C@H]1c1ccn(C)c1. The number of methoxy groups -OCH3 is 1. The number of nitrogens with one attached hydrogen (secondary N) is 1. The van der Waals surface area contributed by atoms with Gasteiger partial charge in [-0.15, -0.1) is 0 Å². The van der Waals surface area contributed by atoms with Crippen molar-refractivity contribution < 1.29 is 4.74 Å². The zero-order chi connectivity index (χ0) is 16.2. The van der Waals surface area contributed by atoms with Crippen molar-refractivity contribution in [3.05, 3.63) is 54.1 Å². The molecular formula is C17H22N4OS. The number of hydrogen-bond donors (Lipinski definition) is 1. The highest BCUT2D eigenvalue weighted by Gasteiger charge is 2.39. The molecule has 0 spiro atoms. The largest absolute Gasteiger partial charge is 0.385 e. The first-order chi connectivity index (χ1) is 11.2. The van der Waals surface area contributed by atoms with Crippen LogP contribution in [0.25, 0.3) is 0 Å². The van der Waals surface area contributed by atoms with E-state index in [1.807, 2.05) is 25.4 Å².